The van der Waals surface area contributed by atoms with Crippen molar-refractivity contribution in [3.05, 3.63) is 47.4 Å². The number of halogens is 2. The first-order valence-electron chi connectivity index (χ1n) is 6.76. The molecule has 0 aliphatic heterocycles. The molecule has 3 aromatic rings. The fourth-order valence-electron chi connectivity index (χ4n) is 2.19. The molecule has 2 N–H and O–H groups in total. The number of anilines is 1. The number of benzene rings is 1. The molecule has 23 heavy (non-hydrogen) atoms. The first-order valence-corrected chi connectivity index (χ1v) is 7.14. The Kier molecular flexibility index (Phi) is 3.87. The summed E-state index contributed by atoms with van der Waals surface area (Å²) >= 11 is 6.08. The third-order valence-electron chi connectivity index (χ3n) is 3.27. The lowest BCUT2D eigenvalue weighted by molar-refractivity contribution is 0.0522. The molecule has 0 aliphatic carbocycles. The van der Waals surface area contributed by atoms with Crippen molar-refractivity contribution in [3.63, 3.8) is 0 Å². The Hall–Kier alpha value is -2.67. The summed E-state index contributed by atoms with van der Waals surface area (Å²) in [5.41, 5.74) is 6.93. The average molecular weight is 335 g/mol. The highest BCUT2D eigenvalue weighted by molar-refractivity contribution is 6.35. The van der Waals surface area contributed by atoms with Crippen LogP contribution >= 0.6 is 11.6 Å². The van der Waals surface area contributed by atoms with E-state index in [1.165, 1.54) is 30.9 Å². The van der Waals surface area contributed by atoms with E-state index in [9.17, 15) is 9.18 Å². The molecule has 0 bridgehead atoms. The maximum atomic E-state index is 14.1. The van der Waals surface area contributed by atoms with Gasteiger partial charge in [-0.25, -0.2) is 14.2 Å². The molecule has 2 aromatic heterocycles. The van der Waals surface area contributed by atoms with E-state index in [0.29, 0.717) is 5.52 Å². The van der Waals surface area contributed by atoms with Crippen LogP contribution in [0.4, 0.5) is 10.1 Å². The van der Waals surface area contributed by atoms with Crippen LogP contribution in [0.15, 0.2) is 30.9 Å². The van der Waals surface area contributed by atoms with E-state index in [1.54, 1.807) is 11.3 Å². The number of carbonyl (C=O) groups excluding carboxylic acids is 1. The first-order chi connectivity index (χ1) is 11.0. The zero-order chi connectivity index (χ0) is 16.6. The van der Waals surface area contributed by atoms with Gasteiger partial charge in [-0.3, -0.25) is 4.98 Å². The summed E-state index contributed by atoms with van der Waals surface area (Å²) in [6, 6.07) is 2.61. The molecule has 6 nitrogen and oxygen atoms in total. The third-order valence-corrected chi connectivity index (χ3v) is 3.67. The van der Waals surface area contributed by atoms with Crippen molar-refractivity contribution in [2.24, 2.45) is 0 Å². The van der Waals surface area contributed by atoms with Gasteiger partial charge in [-0.1, -0.05) is 11.6 Å². The Bertz CT molecular complexity index is 910. The van der Waals surface area contributed by atoms with Gasteiger partial charge >= 0.3 is 5.97 Å². The van der Waals surface area contributed by atoms with Crippen LogP contribution in [-0.2, 0) is 4.74 Å². The first kappa shape index (κ1) is 15.2. The number of hydrogen-bond acceptors (Lipinski definition) is 5. The minimum Gasteiger partial charge on any atom is -0.461 e. The van der Waals surface area contributed by atoms with Gasteiger partial charge in [0.25, 0.3) is 0 Å². The van der Waals surface area contributed by atoms with Gasteiger partial charge in [0.15, 0.2) is 5.69 Å². The lowest BCUT2D eigenvalue weighted by Gasteiger charge is -2.08. The Morgan fingerprint density at radius 2 is 2.22 bits per heavy atom. The number of aromatic nitrogens is 3. The van der Waals surface area contributed by atoms with Crippen LogP contribution in [0.3, 0.4) is 0 Å². The molecular weight excluding hydrogens is 323 g/mol. The SMILES string of the molecule is CCOC(=O)c1ncn2cc(-c3c(F)ccc(N)c3Cl)ncc12. The number of hydrogen-bond donors (Lipinski definition) is 1. The van der Waals surface area contributed by atoms with E-state index in [-0.39, 0.29) is 34.3 Å². The number of carbonyl (C=O) groups is 1. The van der Waals surface area contributed by atoms with Gasteiger partial charge in [0.05, 0.1) is 40.3 Å². The van der Waals surface area contributed by atoms with E-state index in [1.807, 2.05) is 0 Å². The monoisotopic (exact) mass is 334 g/mol. The second kappa shape index (κ2) is 5.85. The maximum absolute atomic E-state index is 14.1. The number of fused-ring (bicyclic) bond motifs is 1. The molecule has 0 aliphatic rings. The van der Waals surface area contributed by atoms with Gasteiger partial charge in [-0.2, -0.15) is 0 Å². The van der Waals surface area contributed by atoms with Gasteiger partial charge in [0.1, 0.15) is 12.1 Å². The predicted octanol–water partition coefficient (Wildman–Crippen LogP) is 2.95. The molecule has 0 unspecified atom stereocenters. The predicted molar refractivity (Wildman–Crippen MR) is 83.8 cm³/mol. The molecular formula is C15H12ClFN4O2. The summed E-state index contributed by atoms with van der Waals surface area (Å²) in [5.74, 6) is -1.08. The second-order valence-electron chi connectivity index (χ2n) is 4.70. The normalized spacial score (nSPS) is 10.9. The van der Waals surface area contributed by atoms with Gasteiger partial charge in [-0.15, -0.1) is 0 Å². The number of rotatable bonds is 3. The van der Waals surface area contributed by atoms with Crippen molar-refractivity contribution in [1.82, 2.24) is 14.4 Å². The topological polar surface area (TPSA) is 82.5 Å². The molecule has 8 heteroatoms. The van der Waals surface area contributed by atoms with Crippen molar-refractivity contribution in [3.8, 4) is 11.3 Å². The van der Waals surface area contributed by atoms with Crippen molar-refractivity contribution < 1.29 is 13.9 Å². The summed E-state index contributed by atoms with van der Waals surface area (Å²) in [7, 11) is 0. The van der Waals surface area contributed by atoms with Crippen LogP contribution in [0.5, 0.6) is 0 Å². The molecule has 1 aromatic carbocycles. The summed E-state index contributed by atoms with van der Waals surface area (Å²) in [6.07, 6.45) is 4.35. The fraction of sp³-hybridized carbons (Fsp3) is 0.133. The Balaban J connectivity index is 2.13. The van der Waals surface area contributed by atoms with Crippen LogP contribution in [-0.4, -0.2) is 26.9 Å². The third kappa shape index (κ3) is 2.59. The Morgan fingerprint density at radius 1 is 1.43 bits per heavy atom. The largest absolute Gasteiger partial charge is 0.461 e. The van der Waals surface area contributed by atoms with Gasteiger partial charge in [0, 0.05) is 6.20 Å². The molecule has 0 saturated carbocycles. The van der Waals surface area contributed by atoms with Crippen LogP contribution in [0.1, 0.15) is 17.4 Å². The van der Waals surface area contributed by atoms with Crippen LogP contribution in [0.2, 0.25) is 5.02 Å². The molecule has 0 amide bonds. The Morgan fingerprint density at radius 3 is 2.96 bits per heavy atom. The summed E-state index contributed by atoms with van der Waals surface area (Å²) in [6.45, 7) is 1.95. The van der Waals surface area contributed by atoms with Crippen molar-refractivity contribution in [1.29, 1.82) is 0 Å². The van der Waals surface area contributed by atoms with E-state index in [0.717, 1.165) is 0 Å². The highest BCUT2D eigenvalue weighted by Crippen LogP contribution is 2.33. The number of nitrogens with zero attached hydrogens (tertiary/aromatic N) is 3. The van der Waals surface area contributed by atoms with Gasteiger partial charge in [-0.05, 0) is 19.1 Å². The molecule has 0 radical (unpaired) electrons. The lowest BCUT2D eigenvalue weighted by atomic mass is 10.1. The van der Waals surface area contributed by atoms with Gasteiger partial charge in [0.2, 0.25) is 0 Å². The molecule has 0 fully saturated rings. The molecule has 0 atom stereocenters. The zero-order valence-electron chi connectivity index (χ0n) is 12.1. The number of esters is 1. The van der Waals surface area contributed by atoms with Crippen molar-refractivity contribution >= 4 is 28.8 Å². The molecule has 2 heterocycles. The number of imidazole rings is 1. The van der Waals surface area contributed by atoms with Gasteiger partial charge < -0.3 is 14.9 Å². The van der Waals surface area contributed by atoms with Crippen LogP contribution in [0.25, 0.3) is 16.8 Å². The highest BCUT2D eigenvalue weighted by Gasteiger charge is 2.18. The van der Waals surface area contributed by atoms with E-state index < -0.39 is 11.8 Å². The number of ether oxygens (including phenoxy) is 1. The quantitative estimate of drug-likeness (QED) is 0.588. The summed E-state index contributed by atoms with van der Waals surface area (Å²) in [5, 5.41) is 0.0857. The average Bonchev–Trinajstić information content (AvgIpc) is 2.95. The molecule has 0 saturated heterocycles. The van der Waals surface area contributed by atoms with Crippen molar-refractivity contribution in [2.45, 2.75) is 6.92 Å². The van der Waals surface area contributed by atoms with E-state index in [4.69, 9.17) is 22.1 Å². The number of nitrogen functional groups attached to an aromatic ring is 1. The summed E-state index contributed by atoms with van der Waals surface area (Å²) in [4.78, 5) is 20.0. The minimum atomic E-state index is -0.544. The summed E-state index contributed by atoms with van der Waals surface area (Å²) < 4.78 is 20.5. The van der Waals surface area contributed by atoms with Crippen molar-refractivity contribution in [2.75, 3.05) is 12.3 Å². The smallest absolute Gasteiger partial charge is 0.359 e. The number of nitrogens with two attached hydrogens (primary N) is 1. The molecule has 3 rings (SSSR count). The van der Waals surface area contributed by atoms with Crippen LogP contribution < -0.4 is 5.73 Å². The molecule has 118 valence electrons. The van der Waals surface area contributed by atoms with E-state index >= 15 is 0 Å². The van der Waals surface area contributed by atoms with Crippen LogP contribution in [0, 0.1) is 5.82 Å². The minimum absolute atomic E-state index is 0.0857. The maximum Gasteiger partial charge on any atom is 0.359 e. The van der Waals surface area contributed by atoms with E-state index in [2.05, 4.69) is 9.97 Å². The molecule has 0 spiro atoms. The zero-order valence-corrected chi connectivity index (χ0v) is 12.8. The standard InChI is InChI=1S/C15H12ClFN4O2/c1-2-23-15(22)14-11-5-19-10(6-21(11)7-20-14)12-8(17)3-4-9(18)13(12)16/h3-7H,2,18H2,1H3. The highest BCUT2D eigenvalue weighted by atomic mass is 35.5. The fourth-order valence-corrected chi connectivity index (χ4v) is 2.44. The lowest BCUT2D eigenvalue weighted by Crippen LogP contribution is -2.06. The second-order valence-corrected chi connectivity index (χ2v) is 5.08. The Labute approximate surface area is 135 Å².